The molecular weight excluding hydrogens is 318 g/mol. The molecule has 3 rings (SSSR count). The number of primary amides is 1. The van der Waals surface area contributed by atoms with E-state index in [2.05, 4.69) is 26.3 Å². The summed E-state index contributed by atoms with van der Waals surface area (Å²) in [5.41, 5.74) is 5.70. The van der Waals surface area contributed by atoms with Crippen molar-refractivity contribution in [3.63, 3.8) is 0 Å². The maximum Gasteiger partial charge on any atom is 0.223 e. The Morgan fingerprint density at radius 2 is 2.12 bits per heavy atom. The molecule has 7 nitrogen and oxygen atoms in total. The number of hydrogen-bond donors (Lipinski definition) is 1. The summed E-state index contributed by atoms with van der Waals surface area (Å²) < 4.78 is 7.69. The molecule has 0 bridgehead atoms. The third kappa shape index (κ3) is 4.80. The van der Waals surface area contributed by atoms with Crippen molar-refractivity contribution in [1.29, 1.82) is 0 Å². The van der Waals surface area contributed by atoms with Crippen molar-refractivity contribution in [2.75, 3.05) is 39.4 Å². The quantitative estimate of drug-likeness (QED) is 0.818. The Hall–Kier alpha value is -1.44. The van der Waals surface area contributed by atoms with Gasteiger partial charge < -0.3 is 15.0 Å². The van der Waals surface area contributed by atoms with E-state index in [0.717, 1.165) is 71.0 Å². The summed E-state index contributed by atoms with van der Waals surface area (Å²) in [6.45, 7) is 8.97. The summed E-state index contributed by atoms with van der Waals surface area (Å²) in [6, 6.07) is 0.512. The van der Waals surface area contributed by atoms with Crippen LogP contribution in [0.4, 0.5) is 0 Å². The molecule has 2 aliphatic rings. The van der Waals surface area contributed by atoms with Crippen molar-refractivity contribution in [3.05, 3.63) is 18.2 Å². The van der Waals surface area contributed by atoms with Crippen molar-refractivity contribution in [3.8, 4) is 0 Å². The first kappa shape index (κ1) is 18.4. The van der Waals surface area contributed by atoms with Gasteiger partial charge in [0.15, 0.2) is 0 Å². The van der Waals surface area contributed by atoms with Gasteiger partial charge in [-0.2, -0.15) is 0 Å². The van der Waals surface area contributed by atoms with Crippen LogP contribution in [0.15, 0.2) is 12.4 Å². The van der Waals surface area contributed by atoms with Crippen LogP contribution in [0.3, 0.4) is 0 Å². The van der Waals surface area contributed by atoms with E-state index in [-0.39, 0.29) is 11.8 Å². The van der Waals surface area contributed by atoms with E-state index in [0.29, 0.717) is 12.6 Å². The van der Waals surface area contributed by atoms with Crippen LogP contribution in [0.25, 0.3) is 0 Å². The van der Waals surface area contributed by atoms with Gasteiger partial charge in [-0.1, -0.05) is 6.92 Å². The Bertz CT molecular complexity index is 555. The Kier molecular flexibility index (Phi) is 6.45. The SMILES string of the molecule is CCCn1ccnc1CN1CCN(C2CCOCC2)C[C@H](C(N)=O)C1. The number of hydrogen-bond acceptors (Lipinski definition) is 5. The Labute approximate surface area is 150 Å². The predicted molar refractivity (Wildman–Crippen MR) is 95.9 cm³/mol. The van der Waals surface area contributed by atoms with E-state index < -0.39 is 0 Å². The van der Waals surface area contributed by atoms with Crippen LogP contribution in [0.5, 0.6) is 0 Å². The molecule has 2 saturated heterocycles. The maximum absolute atomic E-state index is 12.0. The first-order valence-electron chi connectivity index (χ1n) is 9.50. The lowest BCUT2D eigenvalue weighted by atomic mass is 10.0. The van der Waals surface area contributed by atoms with E-state index in [1.54, 1.807) is 0 Å². The molecule has 0 saturated carbocycles. The molecule has 0 unspecified atom stereocenters. The fraction of sp³-hybridized carbons (Fsp3) is 0.778. The number of aryl methyl sites for hydroxylation is 1. The Morgan fingerprint density at radius 3 is 2.84 bits per heavy atom. The zero-order valence-corrected chi connectivity index (χ0v) is 15.3. The molecule has 7 heteroatoms. The normalized spacial score (nSPS) is 24.3. The molecule has 140 valence electrons. The van der Waals surface area contributed by atoms with Gasteiger partial charge in [-0.05, 0) is 19.3 Å². The number of carbonyl (C=O) groups is 1. The monoisotopic (exact) mass is 349 g/mol. The summed E-state index contributed by atoms with van der Waals surface area (Å²) in [5.74, 6) is 0.755. The first-order chi connectivity index (χ1) is 12.2. The zero-order chi connectivity index (χ0) is 17.6. The molecule has 0 spiro atoms. The van der Waals surface area contributed by atoms with Gasteiger partial charge in [0.1, 0.15) is 5.82 Å². The summed E-state index contributed by atoms with van der Waals surface area (Å²) >= 11 is 0. The number of nitrogens with zero attached hydrogens (tertiary/aromatic N) is 4. The molecule has 0 aliphatic carbocycles. The van der Waals surface area contributed by atoms with Gasteiger partial charge in [0.25, 0.3) is 0 Å². The second-order valence-corrected chi connectivity index (χ2v) is 7.21. The second kappa shape index (κ2) is 8.78. The summed E-state index contributed by atoms with van der Waals surface area (Å²) in [6.07, 6.45) is 7.09. The van der Waals surface area contributed by atoms with Gasteiger partial charge in [0.2, 0.25) is 5.91 Å². The van der Waals surface area contributed by atoms with Crippen LogP contribution in [0.2, 0.25) is 0 Å². The van der Waals surface area contributed by atoms with Gasteiger partial charge in [-0.25, -0.2) is 4.98 Å². The third-order valence-corrected chi connectivity index (χ3v) is 5.38. The van der Waals surface area contributed by atoms with E-state index in [4.69, 9.17) is 10.5 Å². The standard InChI is InChI=1S/C18H31N5O2/c1-2-6-22-7-5-20-17(22)14-21-8-9-23(13-15(12-21)18(19)24)16-3-10-25-11-4-16/h5,7,15-16H,2-4,6,8-14H2,1H3,(H2,19,24)/t15-/m1/s1. The molecule has 1 amide bonds. The molecule has 1 atom stereocenters. The van der Waals surface area contributed by atoms with Crippen LogP contribution in [0.1, 0.15) is 32.0 Å². The largest absolute Gasteiger partial charge is 0.381 e. The number of imidazole rings is 1. The number of nitrogens with two attached hydrogens (primary N) is 1. The molecule has 2 N–H and O–H groups in total. The van der Waals surface area contributed by atoms with Gasteiger partial charge in [-0.15, -0.1) is 0 Å². The predicted octanol–water partition coefficient (Wildman–Crippen LogP) is 0.691. The van der Waals surface area contributed by atoms with E-state index in [1.165, 1.54) is 0 Å². The smallest absolute Gasteiger partial charge is 0.223 e. The lowest BCUT2D eigenvalue weighted by Gasteiger charge is -2.34. The molecule has 0 radical (unpaired) electrons. The fourth-order valence-electron chi connectivity index (χ4n) is 3.95. The molecule has 1 aromatic heterocycles. The highest BCUT2D eigenvalue weighted by atomic mass is 16.5. The van der Waals surface area contributed by atoms with Crippen LogP contribution in [-0.4, -0.2) is 70.7 Å². The Morgan fingerprint density at radius 1 is 1.32 bits per heavy atom. The van der Waals surface area contributed by atoms with Gasteiger partial charge in [-0.3, -0.25) is 14.6 Å². The molecule has 2 fully saturated rings. The summed E-state index contributed by atoms with van der Waals surface area (Å²) in [7, 11) is 0. The van der Waals surface area contributed by atoms with E-state index in [1.807, 2.05) is 12.4 Å². The van der Waals surface area contributed by atoms with Crippen LogP contribution in [0, 0.1) is 5.92 Å². The number of rotatable bonds is 6. The molecule has 1 aromatic rings. The topological polar surface area (TPSA) is 76.6 Å². The van der Waals surface area contributed by atoms with Gasteiger partial charge in [0, 0.05) is 64.4 Å². The maximum atomic E-state index is 12.0. The minimum absolute atomic E-state index is 0.125. The minimum Gasteiger partial charge on any atom is -0.381 e. The zero-order valence-electron chi connectivity index (χ0n) is 15.3. The number of aromatic nitrogens is 2. The van der Waals surface area contributed by atoms with Crippen molar-refractivity contribution in [2.24, 2.45) is 11.7 Å². The highest BCUT2D eigenvalue weighted by molar-refractivity contribution is 5.77. The molecule has 3 heterocycles. The highest BCUT2D eigenvalue weighted by Gasteiger charge is 2.31. The van der Waals surface area contributed by atoms with Gasteiger partial charge in [0.05, 0.1) is 12.5 Å². The van der Waals surface area contributed by atoms with E-state index >= 15 is 0 Å². The van der Waals surface area contributed by atoms with Crippen molar-refractivity contribution >= 4 is 5.91 Å². The Balaban J connectivity index is 1.66. The average molecular weight is 349 g/mol. The third-order valence-electron chi connectivity index (χ3n) is 5.38. The van der Waals surface area contributed by atoms with Crippen LogP contribution >= 0.6 is 0 Å². The summed E-state index contributed by atoms with van der Waals surface area (Å²) in [5, 5.41) is 0. The molecule has 0 aromatic carbocycles. The van der Waals surface area contributed by atoms with Crippen LogP contribution < -0.4 is 5.73 Å². The molecule has 25 heavy (non-hydrogen) atoms. The second-order valence-electron chi connectivity index (χ2n) is 7.21. The van der Waals surface area contributed by atoms with Crippen molar-refractivity contribution in [1.82, 2.24) is 19.4 Å². The van der Waals surface area contributed by atoms with E-state index in [9.17, 15) is 4.79 Å². The highest BCUT2D eigenvalue weighted by Crippen LogP contribution is 2.20. The molecular formula is C18H31N5O2. The number of ether oxygens (including phenoxy) is 1. The fourth-order valence-corrected chi connectivity index (χ4v) is 3.95. The van der Waals surface area contributed by atoms with Gasteiger partial charge >= 0.3 is 0 Å². The minimum atomic E-state index is -0.194. The van der Waals surface area contributed by atoms with Crippen molar-refractivity contribution < 1.29 is 9.53 Å². The summed E-state index contributed by atoms with van der Waals surface area (Å²) in [4.78, 5) is 21.3. The first-order valence-corrected chi connectivity index (χ1v) is 9.50. The molecule has 2 aliphatic heterocycles. The number of amides is 1. The lowest BCUT2D eigenvalue weighted by molar-refractivity contribution is -0.122. The average Bonchev–Trinajstić information content (AvgIpc) is 2.92. The lowest BCUT2D eigenvalue weighted by Crippen LogP contribution is -2.44. The van der Waals surface area contributed by atoms with Crippen molar-refractivity contribution in [2.45, 2.75) is 45.3 Å². The van der Waals surface area contributed by atoms with Crippen LogP contribution in [-0.2, 0) is 22.6 Å². The number of carbonyl (C=O) groups excluding carboxylic acids is 1.